The molecule has 1 aliphatic carbocycles. The Labute approximate surface area is 147 Å². The molecular weight excluding hydrogens is 334 g/mol. The Balaban J connectivity index is 0.00000288. The number of methoxy groups -OCH3 is 1. The Morgan fingerprint density at radius 3 is 2.58 bits per heavy atom. The highest BCUT2D eigenvalue weighted by molar-refractivity contribution is 5.91. The van der Waals surface area contributed by atoms with Crippen molar-refractivity contribution in [3.05, 3.63) is 28.3 Å². The molecule has 0 saturated heterocycles. The summed E-state index contributed by atoms with van der Waals surface area (Å²) in [6.45, 7) is 0.489. The van der Waals surface area contributed by atoms with Gasteiger partial charge >= 0.3 is 5.69 Å². The molecule has 0 bridgehead atoms. The van der Waals surface area contributed by atoms with Crippen LogP contribution in [0.25, 0.3) is 0 Å². The van der Waals surface area contributed by atoms with Gasteiger partial charge < -0.3 is 15.8 Å². The predicted octanol–water partition coefficient (Wildman–Crippen LogP) is 3.26. The number of nitrogens with zero attached hydrogens (tertiary/aromatic N) is 1. The lowest BCUT2D eigenvalue weighted by Gasteiger charge is -2.35. The third kappa shape index (κ3) is 4.82. The van der Waals surface area contributed by atoms with Crippen LogP contribution in [0, 0.1) is 15.5 Å². The normalized spacial score (nSPS) is 15.9. The smallest absolute Gasteiger partial charge is 0.312 e. The fraction of sp³-hybridized carbons (Fsp3) is 0.562. The van der Waals surface area contributed by atoms with E-state index >= 15 is 0 Å². The minimum atomic E-state index is -0.531. The zero-order chi connectivity index (χ0) is 16.9. The third-order valence-electron chi connectivity index (χ3n) is 4.54. The zero-order valence-electron chi connectivity index (χ0n) is 13.7. The second-order valence-corrected chi connectivity index (χ2v) is 6.13. The number of nitrogens with two attached hydrogens (primary N) is 1. The number of nitrogens with one attached hydrogen (secondary N) is 1. The van der Waals surface area contributed by atoms with Gasteiger partial charge in [0, 0.05) is 18.2 Å². The summed E-state index contributed by atoms with van der Waals surface area (Å²) in [4.78, 5) is 22.8. The summed E-state index contributed by atoms with van der Waals surface area (Å²) in [5.74, 6) is 0.00974. The van der Waals surface area contributed by atoms with Crippen molar-refractivity contribution in [2.24, 2.45) is 11.1 Å². The van der Waals surface area contributed by atoms with Crippen molar-refractivity contribution in [3.63, 3.8) is 0 Å². The standard InChI is InChI=1S/C16H23N3O4.ClH/c1-23-14-6-5-12(9-13(14)19(21)22)18-15(20)10-16(11-17)7-3-2-4-8-16;/h5-6,9H,2-4,7-8,10-11,17H2,1H3,(H,18,20);1H. The molecule has 2 rings (SSSR count). The van der Waals surface area contributed by atoms with Crippen molar-refractivity contribution in [1.82, 2.24) is 0 Å². The van der Waals surface area contributed by atoms with E-state index in [0.29, 0.717) is 18.7 Å². The number of amides is 1. The maximum Gasteiger partial charge on any atom is 0.312 e. The van der Waals surface area contributed by atoms with Gasteiger partial charge in [0.15, 0.2) is 5.75 Å². The van der Waals surface area contributed by atoms with Crippen molar-refractivity contribution in [2.75, 3.05) is 19.0 Å². The van der Waals surface area contributed by atoms with Gasteiger partial charge in [-0.15, -0.1) is 12.4 Å². The van der Waals surface area contributed by atoms with Crippen LogP contribution in [0.2, 0.25) is 0 Å². The van der Waals surface area contributed by atoms with Gasteiger partial charge in [-0.25, -0.2) is 0 Å². The largest absolute Gasteiger partial charge is 0.490 e. The fourth-order valence-corrected chi connectivity index (χ4v) is 3.21. The van der Waals surface area contributed by atoms with Crippen LogP contribution in [0.1, 0.15) is 38.5 Å². The number of hydrogen-bond acceptors (Lipinski definition) is 5. The maximum absolute atomic E-state index is 12.3. The number of nitro benzene ring substituents is 1. The van der Waals surface area contributed by atoms with Crippen LogP contribution in [0.4, 0.5) is 11.4 Å². The van der Waals surface area contributed by atoms with Gasteiger partial charge in [0.25, 0.3) is 0 Å². The van der Waals surface area contributed by atoms with E-state index in [-0.39, 0.29) is 35.2 Å². The number of hydrogen-bond donors (Lipinski definition) is 2. The highest BCUT2D eigenvalue weighted by Crippen LogP contribution is 2.38. The number of anilines is 1. The van der Waals surface area contributed by atoms with E-state index in [0.717, 1.165) is 25.7 Å². The molecule has 0 spiro atoms. The van der Waals surface area contributed by atoms with E-state index in [9.17, 15) is 14.9 Å². The van der Waals surface area contributed by atoms with E-state index in [4.69, 9.17) is 10.5 Å². The van der Waals surface area contributed by atoms with E-state index in [2.05, 4.69) is 5.32 Å². The Hall–Kier alpha value is -1.86. The highest BCUT2D eigenvalue weighted by Gasteiger charge is 2.33. The van der Waals surface area contributed by atoms with Crippen LogP contribution in [0.15, 0.2) is 18.2 Å². The molecule has 0 heterocycles. The van der Waals surface area contributed by atoms with Crippen LogP contribution in [0.3, 0.4) is 0 Å². The molecule has 1 saturated carbocycles. The predicted molar refractivity (Wildman–Crippen MR) is 94.7 cm³/mol. The first-order valence-electron chi connectivity index (χ1n) is 7.82. The molecule has 3 N–H and O–H groups in total. The average Bonchev–Trinajstić information content (AvgIpc) is 2.55. The minimum absolute atomic E-state index is 0. The Kier molecular flexibility index (Phi) is 7.44. The van der Waals surface area contributed by atoms with Crippen molar-refractivity contribution < 1.29 is 14.5 Å². The molecule has 0 unspecified atom stereocenters. The molecule has 134 valence electrons. The summed E-state index contributed by atoms with van der Waals surface area (Å²) >= 11 is 0. The van der Waals surface area contributed by atoms with Crippen LogP contribution >= 0.6 is 12.4 Å². The Bertz CT molecular complexity index is 589. The van der Waals surface area contributed by atoms with Gasteiger partial charge in [-0.3, -0.25) is 14.9 Å². The van der Waals surface area contributed by atoms with E-state index in [1.54, 1.807) is 6.07 Å². The molecule has 0 atom stereocenters. The first-order valence-corrected chi connectivity index (χ1v) is 7.82. The number of ether oxygens (including phenoxy) is 1. The SMILES string of the molecule is COc1ccc(NC(=O)CC2(CN)CCCCC2)cc1[N+](=O)[O-].Cl. The Morgan fingerprint density at radius 1 is 1.38 bits per heavy atom. The topological polar surface area (TPSA) is 107 Å². The molecule has 1 aromatic carbocycles. The summed E-state index contributed by atoms with van der Waals surface area (Å²) in [7, 11) is 1.37. The first-order chi connectivity index (χ1) is 11.0. The zero-order valence-corrected chi connectivity index (χ0v) is 14.6. The number of carbonyl (C=O) groups is 1. The van der Waals surface area contributed by atoms with Gasteiger partial charge in [-0.2, -0.15) is 0 Å². The van der Waals surface area contributed by atoms with Gasteiger partial charge in [0.2, 0.25) is 5.91 Å². The van der Waals surface area contributed by atoms with Gasteiger partial charge in [0.1, 0.15) is 0 Å². The fourth-order valence-electron chi connectivity index (χ4n) is 3.21. The average molecular weight is 358 g/mol. The number of rotatable bonds is 6. The summed E-state index contributed by atoms with van der Waals surface area (Å²) in [5.41, 5.74) is 5.98. The van der Waals surface area contributed by atoms with Crippen LogP contribution in [-0.2, 0) is 4.79 Å². The quantitative estimate of drug-likeness (QED) is 0.600. The second kappa shape index (κ2) is 8.84. The van der Waals surface area contributed by atoms with Crippen LogP contribution in [0.5, 0.6) is 5.75 Å². The number of halogens is 1. The first kappa shape index (κ1) is 20.2. The van der Waals surface area contributed by atoms with Gasteiger partial charge in [-0.1, -0.05) is 19.3 Å². The lowest BCUT2D eigenvalue weighted by atomic mass is 9.71. The lowest BCUT2D eigenvalue weighted by molar-refractivity contribution is -0.385. The summed E-state index contributed by atoms with van der Waals surface area (Å²) in [6, 6.07) is 4.39. The van der Waals surface area contributed by atoms with Crippen LogP contribution in [-0.4, -0.2) is 24.5 Å². The van der Waals surface area contributed by atoms with Crippen molar-refractivity contribution >= 4 is 29.7 Å². The molecule has 24 heavy (non-hydrogen) atoms. The van der Waals surface area contributed by atoms with Crippen LogP contribution < -0.4 is 15.8 Å². The summed E-state index contributed by atoms with van der Waals surface area (Å²) in [6.07, 6.45) is 5.65. The molecule has 8 heteroatoms. The minimum Gasteiger partial charge on any atom is -0.490 e. The van der Waals surface area contributed by atoms with Gasteiger partial charge in [-0.05, 0) is 36.9 Å². The van der Waals surface area contributed by atoms with Crippen molar-refractivity contribution in [2.45, 2.75) is 38.5 Å². The molecule has 7 nitrogen and oxygen atoms in total. The maximum atomic E-state index is 12.3. The van der Waals surface area contributed by atoms with E-state index in [1.807, 2.05) is 0 Å². The second-order valence-electron chi connectivity index (χ2n) is 6.13. The monoisotopic (exact) mass is 357 g/mol. The van der Waals surface area contributed by atoms with E-state index in [1.165, 1.54) is 25.7 Å². The molecular formula is C16H24ClN3O4. The third-order valence-corrected chi connectivity index (χ3v) is 4.54. The van der Waals surface area contributed by atoms with E-state index < -0.39 is 4.92 Å². The number of nitro groups is 1. The molecule has 1 fully saturated rings. The molecule has 0 radical (unpaired) electrons. The summed E-state index contributed by atoms with van der Waals surface area (Å²) < 4.78 is 4.95. The van der Waals surface area contributed by atoms with Gasteiger partial charge in [0.05, 0.1) is 12.0 Å². The van der Waals surface area contributed by atoms with Crippen molar-refractivity contribution in [3.8, 4) is 5.75 Å². The molecule has 1 aliphatic rings. The lowest BCUT2D eigenvalue weighted by Crippen LogP contribution is -2.36. The number of carbonyl (C=O) groups excluding carboxylic acids is 1. The molecule has 1 amide bonds. The molecule has 0 aromatic heterocycles. The molecule has 1 aromatic rings. The summed E-state index contributed by atoms with van der Waals surface area (Å²) in [5, 5.41) is 13.8. The Morgan fingerprint density at radius 2 is 2.04 bits per heavy atom. The molecule has 0 aliphatic heterocycles. The van der Waals surface area contributed by atoms with Crippen molar-refractivity contribution in [1.29, 1.82) is 0 Å². The highest BCUT2D eigenvalue weighted by atomic mass is 35.5. The number of benzene rings is 1.